The van der Waals surface area contributed by atoms with E-state index in [4.69, 9.17) is 0 Å². The van der Waals surface area contributed by atoms with Crippen LogP contribution in [0.2, 0.25) is 0 Å². The monoisotopic (exact) mass is 199 g/mol. The fraction of sp³-hybridized carbons (Fsp3) is 1.00. The summed E-state index contributed by atoms with van der Waals surface area (Å²) in [6.07, 6.45) is 9.47. The molecule has 0 heterocycles. The van der Waals surface area contributed by atoms with Crippen molar-refractivity contribution in [2.75, 3.05) is 0 Å². The molecule has 0 spiro atoms. The Labute approximate surface area is 89.9 Å². The third-order valence-corrected chi connectivity index (χ3v) is 2.96. The third-order valence-electron chi connectivity index (χ3n) is 2.96. The van der Waals surface area contributed by atoms with Gasteiger partial charge in [0.05, 0.1) is 0 Å². The molecule has 1 nitrogen and oxygen atoms in total. The highest BCUT2D eigenvalue weighted by Crippen LogP contribution is 2.27. The van der Waals surface area contributed by atoms with E-state index in [1.54, 1.807) is 0 Å². The van der Waals surface area contributed by atoms with E-state index in [9.17, 15) is 5.11 Å². The zero-order valence-corrected chi connectivity index (χ0v) is 10.3. The molecule has 0 aliphatic heterocycles. The first-order valence-corrected chi connectivity index (χ1v) is 6.39. The maximum Gasteiger partial charge on any atom is 0.104 e. The van der Waals surface area contributed by atoms with Gasteiger partial charge in [0.25, 0.3) is 0 Å². The molecule has 14 heavy (non-hydrogen) atoms. The smallest absolute Gasteiger partial charge is 0.104 e. The minimum absolute atomic E-state index is 0.595. The van der Waals surface area contributed by atoms with E-state index in [0.29, 0.717) is 0 Å². The molecule has 0 rings (SSSR count). The first kappa shape index (κ1) is 14.0. The lowest BCUT2D eigenvalue weighted by Crippen LogP contribution is -2.26. The fourth-order valence-corrected chi connectivity index (χ4v) is 1.87. The van der Waals surface area contributed by atoms with Gasteiger partial charge in [0, 0.05) is 0 Å². The van der Waals surface area contributed by atoms with Crippen molar-refractivity contribution in [2.24, 2.45) is 0 Å². The molecule has 0 amide bonds. The average Bonchev–Trinajstić information content (AvgIpc) is 2.21. The zero-order valence-electron chi connectivity index (χ0n) is 10.3. The van der Waals surface area contributed by atoms with Crippen molar-refractivity contribution in [2.45, 2.75) is 84.2 Å². The molecule has 1 radical (unpaired) electrons. The number of unbranched alkanes of at least 4 members (excludes halogenated alkanes) is 3. The van der Waals surface area contributed by atoms with Crippen molar-refractivity contribution in [3.8, 4) is 0 Å². The summed E-state index contributed by atoms with van der Waals surface area (Å²) >= 11 is 0. The predicted octanol–water partition coefficient (Wildman–Crippen LogP) is 4.73. The van der Waals surface area contributed by atoms with Gasteiger partial charge in [-0.3, -0.25) is 0 Å². The van der Waals surface area contributed by atoms with Crippen LogP contribution in [0.4, 0.5) is 0 Å². The molecule has 0 aromatic heterocycles. The van der Waals surface area contributed by atoms with Gasteiger partial charge in [-0.1, -0.05) is 59.3 Å². The Morgan fingerprint density at radius 1 is 0.714 bits per heavy atom. The first-order valence-electron chi connectivity index (χ1n) is 6.39. The van der Waals surface area contributed by atoms with Gasteiger partial charge in [-0.05, 0) is 19.3 Å². The Morgan fingerprint density at radius 2 is 1.00 bits per heavy atom. The predicted molar refractivity (Wildman–Crippen MR) is 62.0 cm³/mol. The Kier molecular flexibility index (Phi) is 8.26. The van der Waals surface area contributed by atoms with E-state index in [1.165, 1.54) is 0 Å². The topological polar surface area (TPSA) is 19.9 Å². The summed E-state index contributed by atoms with van der Waals surface area (Å²) in [6, 6.07) is 0. The van der Waals surface area contributed by atoms with Gasteiger partial charge in [0.1, 0.15) is 5.60 Å². The van der Waals surface area contributed by atoms with Gasteiger partial charge in [-0.2, -0.15) is 0 Å². The van der Waals surface area contributed by atoms with Crippen molar-refractivity contribution < 1.29 is 5.11 Å². The van der Waals surface area contributed by atoms with Crippen molar-refractivity contribution in [1.82, 2.24) is 0 Å². The van der Waals surface area contributed by atoms with E-state index >= 15 is 0 Å². The number of hydrogen-bond donors (Lipinski definition) is 0. The van der Waals surface area contributed by atoms with Gasteiger partial charge >= 0.3 is 0 Å². The molecule has 85 valence electrons. The quantitative estimate of drug-likeness (QED) is 0.512. The van der Waals surface area contributed by atoms with Crippen LogP contribution >= 0.6 is 0 Å². The normalized spacial score (nSPS) is 12.0. The maximum atomic E-state index is 12.4. The summed E-state index contributed by atoms with van der Waals surface area (Å²) in [5.74, 6) is 0. The van der Waals surface area contributed by atoms with Crippen LogP contribution in [-0.2, 0) is 5.11 Å². The molecule has 0 atom stereocenters. The fourth-order valence-electron chi connectivity index (χ4n) is 1.87. The second-order valence-electron chi connectivity index (χ2n) is 4.49. The van der Waals surface area contributed by atoms with Gasteiger partial charge in [0.2, 0.25) is 0 Å². The molecule has 0 fully saturated rings. The van der Waals surface area contributed by atoms with E-state index in [-0.39, 0.29) is 0 Å². The Morgan fingerprint density at radius 3 is 1.21 bits per heavy atom. The van der Waals surface area contributed by atoms with Crippen LogP contribution in [0.3, 0.4) is 0 Å². The van der Waals surface area contributed by atoms with Crippen LogP contribution < -0.4 is 0 Å². The van der Waals surface area contributed by atoms with E-state index in [2.05, 4.69) is 20.8 Å². The molecule has 0 aliphatic carbocycles. The SMILES string of the molecule is CCCCC([O])(CCCC)CCCC. The highest BCUT2D eigenvalue weighted by Gasteiger charge is 2.26. The van der Waals surface area contributed by atoms with Gasteiger partial charge < -0.3 is 0 Å². The lowest BCUT2D eigenvalue weighted by Gasteiger charge is -2.25. The second-order valence-corrected chi connectivity index (χ2v) is 4.49. The van der Waals surface area contributed by atoms with Crippen LogP contribution in [0.15, 0.2) is 0 Å². The van der Waals surface area contributed by atoms with Crippen LogP contribution in [0.5, 0.6) is 0 Å². The molecule has 1 heteroatoms. The molecule has 0 N–H and O–H groups in total. The second kappa shape index (κ2) is 8.28. The average molecular weight is 199 g/mol. The summed E-state index contributed by atoms with van der Waals surface area (Å²) in [6.45, 7) is 6.50. The summed E-state index contributed by atoms with van der Waals surface area (Å²) < 4.78 is 0. The van der Waals surface area contributed by atoms with Gasteiger partial charge in [0.15, 0.2) is 0 Å². The standard InChI is InChI=1S/C13H27O/c1-4-7-10-13(14,11-8-5-2)12-9-6-3/h4-12H2,1-3H3. The van der Waals surface area contributed by atoms with Crippen molar-refractivity contribution in [1.29, 1.82) is 0 Å². The number of rotatable bonds is 9. The summed E-state index contributed by atoms with van der Waals surface area (Å²) in [7, 11) is 0. The summed E-state index contributed by atoms with van der Waals surface area (Å²) in [5, 5.41) is 12.4. The maximum absolute atomic E-state index is 12.4. The van der Waals surface area contributed by atoms with Crippen LogP contribution in [0.1, 0.15) is 78.6 Å². The molecular formula is C13H27O. The highest BCUT2D eigenvalue weighted by atomic mass is 16.3. The molecule has 0 aromatic carbocycles. The summed E-state index contributed by atoms with van der Waals surface area (Å²) in [4.78, 5) is 0. The van der Waals surface area contributed by atoms with E-state index < -0.39 is 5.60 Å². The van der Waals surface area contributed by atoms with Gasteiger partial charge in [-0.25, -0.2) is 5.11 Å². The largest absolute Gasteiger partial charge is 0.229 e. The van der Waals surface area contributed by atoms with Crippen molar-refractivity contribution in [3.05, 3.63) is 0 Å². The lowest BCUT2D eigenvalue weighted by atomic mass is 9.86. The van der Waals surface area contributed by atoms with E-state index in [0.717, 1.165) is 57.8 Å². The van der Waals surface area contributed by atoms with Crippen LogP contribution in [0.25, 0.3) is 0 Å². The first-order chi connectivity index (χ1) is 6.68. The van der Waals surface area contributed by atoms with Crippen LogP contribution in [0, 0.1) is 0 Å². The van der Waals surface area contributed by atoms with Crippen molar-refractivity contribution in [3.63, 3.8) is 0 Å². The van der Waals surface area contributed by atoms with Crippen LogP contribution in [-0.4, -0.2) is 5.60 Å². The minimum Gasteiger partial charge on any atom is -0.229 e. The lowest BCUT2D eigenvalue weighted by molar-refractivity contribution is -0.0550. The van der Waals surface area contributed by atoms with Gasteiger partial charge in [-0.15, -0.1) is 0 Å². The molecule has 0 saturated heterocycles. The number of hydrogen-bond acceptors (Lipinski definition) is 0. The van der Waals surface area contributed by atoms with E-state index in [1.807, 2.05) is 0 Å². The molecule has 0 saturated carbocycles. The molecule has 0 aliphatic rings. The molecule has 0 aromatic rings. The van der Waals surface area contributed by atoms with Crippen molar-refractivity contribution >= 4 is 0 Å². The minimum atomic E-state index is -0.595. The molecule has 0 unspecified atom stereocenters. The molecule has 0 bridgehead atoms. The third kappa shape index (κ3) is 6.42. The zero-order chi connectivity index (χ0) is 10.9. The Bertz CT molecular complexity index is 98.6. The Balaban J connectivity index is 3.89. The molecular weight excluding hydrogens is 172 g/mol. The highest BCUT2D eigenvalue weighted by molar-refractivity contribution is 4.77. The Hall–Kier alpha value is -0.0400. The summed E-state index contributed by atoms with van der Waals surface area (Å²) in [5.41, 5.74) is -0.595.